The Kier molecular flexibility index (Phi) is 8.77. The van der Waals surface area contributed by atoms with Crippen LogP contribution in [0.25, 0.3) is 5.57 Å². The number of methoxy groups -OCH3 is 1. The molecule has 42 heavy (non-hydrogen) atoms. The van der Waals surface area contributed by atoms with E-state index in [1.54, 1.807) is 44.9 Å². The number of esters is 1. The second-order valence-corrected chi connectivity index (χ2v) is 11.9. The molecule has 2 aliphatic rings. The maximum atomic E-state index is 14.3. The van der Waals surface area contributed by atoms with Crippen molar-refractivity contribution >= 4 is 34.5 Å². The van der Waals surface area contributed by atoms with Crippen LogP contribution in [0.1, 0.15) is 77.0 Å². The molecule has 0 bridgehead atoms. The minimum atomic E-state index is -0.769. The number of unbranched alkanes of at least 4 members (excludes halogenated alkanes) is 4. The fourth-order valence-corrected chi connectivity index (χ4v) is 6.74. The maximum absolute atomic E-state index is 14.3. The second kappa shape index (κ2) is 12.5. The molecule has 0 saturated heterocycles. The minimum Gasteiger partial charge on any atom is -0.497 e. The van der Waals surface area contributed by atoms with Crippen LogP contribution in [0.3, 0.4) is 0 Å². The van der Waals surface area contributed by atoms with Crippen molar-refractivity contribution in [1.82, 2.24) is 4.57 Å². The molecule has 9 heteroatoms. The van der Waals surface area contributed by atoms with Crippen molar-refractivity contribution in [3.05, 3.63) is 90.6 Å². The van der Waals surface area contributed by atoms with Crippen molar-refractivity contribution < 1.29 is 19.1 Å². The van der Waals surface area contributed by atoms with Gasteiger partial charge in [-0.3, -0.25) is 14.2 Å². The summed E-state index contributed by atoms with van der Waals surface area (Å²) in [6.07, 6.45) is 5.07. The average Bonchev–Trinajstić information content (AvgIpc) is 3.43. The molecule has 220 valence electrons. The van der Waals surface area contributed by atoms with Gasteiger partial charge in [-0.2, -0.15) is 0 Å². The van der Waals surface area contributed by atoms with Gasteiger partial charge in [-0.1, -0.05) is 74.3 Å². The molecule has 0 saturated carbocycles. The monoisotopic (exact) mass is 587 g/mol. The smallest absolute Gasteiger partial charge is 0.338 e. The molecule has 0 aliphatic carbocycles. The molecular formula is C33H37N3O5S. The van der Waals surface area contributed by atoms with E-state index in [0.29, 0.717) is 44.0 Å². The highest BCUT2D eigenvalue weighted by atomic mass is 32.1. The van der Waals surface area contributed by atoms with Crippen molar-refractivity contribution in [2.75, 3.05) is 18.6 Å². The van der Waals surface area contributed by atoms with Crippen LogP contribution < -0.4 is 24.5 Å². The third-order valence-electron chi connectivity index (χ3n) is 7.63. The van der Waals surface area contributed by atoms with Crippen molar-refractivity contribution in [1.29, 1.82) is 0 Å². The van der Waals surface area contributed by atoms with Gasteiger partial charge in [0.25, 0.3) is 11.5 Å². The number of ether oxygens (including phenoxy) is 2. The Morgan fingerprint density at radius 1 is 1.02 bits per heavy atom. The van der Waals surface area contributed by atoms with E-state index in [9.17, 15) is 14.4 Å². The number of benzene rings is 2. The van der Waals surface area contributed by atoms with Crippen LogP contribution in [0, 0.1) is 0 Å². The SMILES string of the molecule is CCCCCCCN1C(=O)C(=c2sc3n(c2=O)C(c2ccc(OC)cc2)C(C(=O)OC(C)C)=C(C)N=3)c2ccccc21. The first-order valence-electron chi connectivity index (χ1n) is 14.6. The lowest BCUT2D eigenvalue weighted by atomic mass is 9.95. The largest absolute Gasteiger partial charge is 0.497 e. The molecule has 0 N–H and O–H groups in total. The molecule has 0 fully saturated rings. The van der Waals surface area contributed by atoms with Crippen LogP contribution in [0.5, 0.6) is 5.75 Å². The van der Waals surface area contributed by atoms with E-state index in [-0.39, 0.29) is 17.6 Å². The Balaban J connectivity index is 1.67. The number of hydrogen-bond donors (Lipinski definition) is 0. The Morgan fingerprint density at radius 3 is 2.43 bits per heavy atom. The summed E-state index contributed by atoms with van der Waals surface area (Å²) in [6, 6.07) is 14.1. The van der Waals surface area contributed by atoms with Crippen LogP contribution in [-0.2, 0) is 14.3 Å². The summed E-state index contributed by atoms with van der Waals surface area (Å²) in [6.45, 7) is 8.10. The van der Waals surface area contributed by atoms with Crippen molar-refractivity contribution in [2.24, 2.45) is 4.99 Å². The summed E-state index contributed by atoms with van der Waals surface area (Å²) in [5, 5.41) is 0. The van der Waals surface area contributed by atoms with Gasteiger partial charge in [-0.05, 0) is 51.0 Å². The fraction of sp³-hybridized carbons (Fsp3) is 0.394. The van der Waals surface area contributed by atoms with Crippen LogP contribution >= 0.6 is 11.3 Å². The van der Waals surface area contributed by atoms with Gasteiger partial charge in [0.05, 0.1) is 41.8 Å². The summed E-state index contributed by atoms with van der Waals surface area (Å²) < 4.78 is 12.8. The molecule has 1 amide bonds. The van der Waals surface area contributed by atoms with Gasteiger partial charge in [0.1, 0.15) is 10.3 Å². The molecule has 2 aliphatic heterocycles. The predicted molar refractivity (Wildman–Crippen MR) is 164 cm³/mol. The van der Waals surface area contributed by atoms with Gasteiger partial charge in [0, 0.05) is 12.1 Å². The number of allylic oxidation sites excluding steroid dienone is 1. The highest BCUT2D eigenvalue weighted by Gasteiger charge is 2.37. The quantitative estimate of drug-likeness (QED) is 0.249. The van der Waals surface area contributed by atoms with Gasteiger partial charge >= 0.3 is 5.97 Å². The Bertz CT molecular complexity index is 1720. The number of anilines is 1. The first-order valence-corrected chi connectivity index (χ1v) is 15.4. The summed E-state index contributed by atoms with van der Waals surface area (Å²) >= 11 is 1.19. The lowest BCUT2D eigenvalue weighted by Crippen LogP contribution is -2.41. The maximum Gasteiger partial charge on any atom is 0.338 e. The van der Waals surface area contributed by atoms with Crippen molar-refractivity contribution in [2.45, 2.75) is 71.9 Å². The Labute approximate surface area is 249 Å². The zero-order valence-electron chi connectivity index (χ0n) is 24.8. The molecule has 5 rings (SSSR count). The number of amides is 1. The van der Waals surface area contributed by atoms with E-state index in [0.717, 1.165) is 36.9 Å². The molecule has 0 spiro atoms. The number of nitrogens with zero attached hydrogens (tertiary/aromatic N) is 3. The second-order valence-electron chi connectivity index (χ2n) is 10.9. The molecule has 0 radical (unpaired) electrons. The van der Waals surface area contributed by atoms with Crippen molar-refractivity contribution in [3.63, 3.8) is 0 Å². The Morgan fingerprint density at radius 2 is 1.74 bits per heavy atom. The standard InChI is InChI=1S/C33H37N3O5S/c1-6-7-8-9-12-19-35-25-14-11-10-13-24(25)27(30(35)37)29-31(38)36-28(22-15-17-23(40-5)18-16-22)26(32(39)41-20(2)3)21(4)34-33(36)42-29/h10-11,13-18,20,28H,6-9,12,19H2,1-5H3. The van der Waals surface area contributed by atoms with Crippen molar-refractivity contribution in [3.8, 4) is 5.75 Å². The molecule has 2 aromatic carbocycles. The highest BCUT2D eigenvalue weighted by molar-refractivity contribution is 7.07. The molecule has 1 atom stereocenters. The van der Waals surface area contributed by atoms with E-state index in [1.165, 1.54) is 22.3 Å². The van der Waals surface area contributed by atoms with Gasteiger partial charge in [-0.15, -0.1) is 0 Å². The van der Waals surface area contributed by atoms with E-state index in [2.05, 4.69) is 6.92 Å². The van der Waals surface area contributed by atoms with Gasteiger partial charge in [0.2, 0.25) is 0 Å². The minimum absolute atomic E-state index is 0.173. The van der Waals surface area contributed by atoms with Crippen LogP contribution in [0.15, 0.2) is 69.6 Å². The molecule has 8 nitrogen and oxygen atoms in total. The molecule has 3 aromatic rings. The van der Waals surface area contributed by atoms with E-state index in [4.69, 9.17) is 14.5 Å². The summed E-state index contributed by atoms with van der Waals surface area (Å²) in [7, 11) is 1.58. The fourth-order valence-electron chi connectivity index (χ4n) is 5.61. The molecule has 1 unspecified atom stereocenters. The summed E-state index contributed by atoms with van der Waals surface area (Å²) in [5.74, 6) is -0.0435. The van der Waals surface area contributed by atoms with Gasteiger partial charge < -0.3 is 14.4 Å². The van der Waals surface area contributed by atoms with Crippen LogP contribution in [0.4, 0.5) is 5.69 Å². The van der Waals surface area contributed by atoms with E-state index >= 15 is 0 Å². The lowest BCUT2D eigenvalue weighted by molar-refractivity contribution is -0.143. The van der Waals surface area contributed by atoms with Crippen LogP contribution in [0.2, 0.25) is 0 Å². The zero-order valence-corrected chi connectivity index (χ0v) is 25.6. The normalized spacial score (nSPS) is 17.3. The van der Waals surface area contributed by atoms with Gasteiger partial charge in [-0.25, -0.2) is 9.79 Å². The highest BCUT2D eigenvalue weighted by Crippen LogP contribution is 2.36. The number of hydrogen-bond acceptors (Lipinski definition) is 7. The molecule has 1 aromatic heterocycles. The first-order chi connectivity index (χ1) is 20.3. The third kappa shape index (κ3) is 5.45. The number of carbonyl (C=O) groups is 2. The lowest BCUT2D eigenvalue weighted by Gasteiger charge is -2.25. The van der Waals surface area contributed by atoms with E-state index < -0.39 is 12.0 Å². The number of rotatable bonds is 10. The first kappa shape index (κ1) is 29.5. The topological polar surface area (TPSA) is 90.2 Å². The number of fused-ring (bicyclic) bond motifs is 2. The molecular weight excluding hydrogens is 550 g/mol. The number of aromatic nitrogens is 1. The zero-order chi connectivity index (χ0) is 30.0. The van der Waals surface area contributed by atoms with Crippen LogP contribution in [-0.4, -0.2) is 36.2 Å². The number of para-hydroxylation sites is 1. The average molecular weight is 588 g/mol. The Hall–Kier alpha value is -3.98. The number of carbonyl (C=O) groups excluding carboxylic acids is 2. The van der Waals surface area contributed by atoms with Gasteiger partial charge in [0.15, 0.2) is 4.80 Å². The summed E-state index contributed by atoms with van der Waals surface area (Å²) in [4.78, 5) is 48.6. The molecule has 3 heterocycles. The number of thiazole rings is 1. The predicted octanol–water partition coefficient (Wildman–Crippen LogP) is 4.88. The van der Waals surface area contributed by atoms with E-state index in [1.807, 2.05) is 36.4 Å². The third-order valence-corrected chi connectivity index (χ3v) is 8.68. The summed E-state index contributed by atoms with van der Waals surface area (Å²) in [5.41, 5.74) is 3.09.